The molecule has 0 amide bonds. The van der Waals surface area contributed by atoms with E-state index in [2.05, 4.69) is 38.2 Å². The fraction of sp³-hybridized carbons (Fsp3) is 0.533. The first kappa shape index (κ1) is 15.5. The van der Waals surface area contributed by atoms with Crippen LogP contribution in [0, 0.1) is 12.3 Å². The van der Waals surface area contributed by atoms with Crippen LogP contribution >= 0.6 is 0 Å². The zero-order chi connectivity index (χ0) is 14.6. The number of carboxylic acid groups (broad SMARTS) is 1. The molecule has 0 aliphatic heterocycles. The normalized spacial score (nSPS) is 11.7. The van der Waals surface area contributed by atoms with Gasteiger partial charge >= 0.3 is 5.97 Å². The van der Waals surface area contributed by atoms with Crippen molar-refractivity contribution in [3.05, 3.63) is 29.3 Å². The summed E-state index contributed by atoms with van der Waals surface area (Å²) < 4.78 is 0. The molecule has 106 valence electrons. The van der Waals surface area contributed by atoms with Gasteiger partial charge in [0, 0.05) is 18.8 Å². The smallest absolute Gasteiger partial charge is 0.335 e. The van der Waals surface area contributed by atoms with E-state index in [1.165, 1.54) is 0 Å². The van der Waals surface area contributed by atoms with E-state index in [0.717, 1.165) is 24.3 Å². The van der Waals surface area contributed by atoms with E-state index < -0.39 is 5.97 Å². The Morgan fingerprint density at radius 1 is 1.37 bits per heavy atom. The van der Waals surface area contributed by atoms with Gasteiger partial charge in [-0.1, -0.05) is 13.8 Å². The molecule has 0 unspecified atom stereocenters. The van der Waals surface area contributed by atoms with Crippen molar-refractivity contribution in [2.75, 3.05) is 32.5 Å². The van der Waals surface area contributed by atoms with Gasteiger partial charge in [0.25, 0.3) is 0 Å². The fourth-order valence-corrected chi connectivity index (χ4v) is 2.27. The Morgan fingerprint density at radius 2 is 2.00 bits per heavy atom. The van der Waals surface area contributed by atoms with Crippen molar-refractivity contribution in [2.24, 2.45) is 5.41 Å². The van der Waals surface area contributed by atoms with Gasteiger partial charge in [-0.05, 0) is 50.2 Å². The molecule has 1 aromatic carbocycles. The number of carbonyl (C=O) groups is 1. The third-order valence-electron chi connectivity index (χ3n) is 2.97. The second-order valence-corrected chi connectivity index (χ2v) is 6.09. The van der Waals surface area contributed by atoms with Gasteiger partial charge in [0.1, 0.15) is 0 Å². The van der Waals surface area contributed by atoms with Gasteiger partial charge in [-0.2, -0.15) is 0 Å². The maximum Gasteiger partial charge on any atom is 0.335 e. The fourth-order valence-electron chi connectivity index (χ4n) is 2.27. The summed E-state index contributed by atoms with van der Waals surface area (Å²) in [6.45, 7) is 8.07. The highest BCUT2D eigenvalue weighted by atomic mass is 16.4. The molecule has 1 rings (SSSR count). The van der Waals surface area contributed by atoms with Crippen molar-refractivity contribution < 1.29 is 9.90 Å². The van der Waals surface area contributed by atoms with Crippen LogP contribution in [0.5, 0.6) is 0 Å². The minimum absolute atomic E-state index is 0.156. The van der Waals surface area contributed by atoms with Crippen molar-refractivity contribution >= 4 is 11.7 Å². The summed E-state index contributed by atoms with van der Waals surface area (Å²) in [6.07, 6.45) is 0. The molecule has 0 saturated carbocycles. The van der Waals surface area contributed by atoms with Crippen molar-refractivity contribution in [3.63, 3.8) is 0 Å². The third-order valence-corrected chi connectivity index (χ3v) is 2.97. The van der Waals surface area contributed by atoms with Gasteiger partial charge in [0.2, 0.25) is 0 Å². The molecule has 0 heterocycles. The summed E-state index contributed by atoms with van der Waals surface area (Å²) in [7, 11) is 4.13. The van der Waals surface area contributed by atoms with Crippen LogP contribution in [-0.4, -0.2) is 43.2 Å². The monoisotopic (exact) mass is 264 g/mol. The maximum atomic E-state index is 10.9. The second kappa shape index (κ2) is 6.06. The first-order chi connectivity index (χ1) is 8.71. The molecule has 0 atom stereocenters. The van der Waals surface area contributed by atoms with Crippen LogP contribution in [0.1, 0.15) is 29.8 Å². The van der Waals surface area contributed by atoms with Crippen LogP contribution in [0.15, 0.2) is 18.2 Å². The van der Waals surface area contributed by atoms with E-state index in [1.807, 2.05) is 19.1 Å². The van der Waals surface area contributed by atoms with Gasteiger partial charge < -0.3 is 15.3 Å². The van der Waals surface area contributed by atoms with Gasteiger partial charge in [-0.15, -0.1) is 0 Å². The second-order valence-electron chi connectivity index (χ2n) is 6.09. The van der Waals surface area contributed by atoms with Crippen LogP contribution in [0.3, 0.4) is 0 Å². The van der Waals surface area contributed by atoms with Gasteiger partial charge in [-0.3, -0.25) is 0 Å². The number of benzene rings is 1. The zero-order valence-corrected chi connectivity index (χ0v) is 12.4. The highest BCUT2D eigenvalue weighted by Crippen LogP contribution is 2.20. The lowest BCUT2D eigenvalue weighted by Crippen LogP contribution is -2.34. The standard InChI is InChI=1S/C15H24N2O2/c1-11-8-12(6-7-13(11)14(18)19)16-9-15(2,3)10-17(4)5/h6-8,16H,9-10H2,1-5H3,(H,18,19). The van der Waals surface area contributed by atoms with E-state index in [-0.39, 0.29) is 5.41 Å². The summed E-state index contributed by atoms with van der Waals surface area (Å²) in [5.74, 6) is -0.878. The first-order valence-corrected chi connectivity index (χ1v) is 6.44. The van der Waals surface area contributed by atoms with Crippen molar-refractivity contribution in [1.82, 2.24) is 4.90 Å². The Kier molecular flexibility index (Phi) is 4.95. The summed E-state index contributed by atoms with van der Waals surface area (Å²) in [5, 5.41) is 12.4. The Hall–Kier alpha value is -1.55. The molecule has 0 radical (unpaired) electrons. The molecule has 4 nitrogen and oxygen atoms in total. The number of nitrogens with one attached hydrogen (secondary N) is 1. The Morgan fingerprint density at radius 3 is 2.47 bits per heavy atom. The highest BCUT2D eigenvalue weighted by Gasteiger charge is 2.18. The lowest BCUT2D eigenvalue weighted by Gasteiger charge is -2.29. The number of anilines is 1. The van der Waals surface area contributed by atoms with E-state index in [1.54, 1.807) is 6.07 Å². The van der Waals surface area contributed by atoms with Crippen LogP contribution in [0.4, 0.5) is 5.69 Å². The Bertz CT molecular complexity index is 453. The number of aryl methyl sites for hydroxylation is 1. The average molecular weight is 264 g/mol. The molecule has 0 aliphatic rings. The molecule has 0 aliphatic carbocycles. The van der Waals surface area contributed by atoms with Crippen molar-refractivity contribution in [3.8, 4) is 0 Å². The molecule has 0 aromatic heterocycles. The number of rotatable bonds is 6. The number of aromatic carboxylic acids is 1. The predicted octanol–water partition coefficient (Wildman–Crippen LogP) is 2.69. The van der Waals surface area contributed by atoms with Crippen molar-refractivity contribution in [1.29, 1.82) is 0 Å². The molecule has 0 fully saturated rings. The molecular weight excluding hydrogens is 240 g/mol. The van der Waals surface area contributed by atoms with E-state index >= 15 is 0 Å². The minimum atomic E-state index is -0.878. The SMILES string of the molecule is Cc1cc(NCC(C)(C)CN(C)C)ccc1C(=O)O. The minimum Gasteiger partial charge on any atom is -0.478 e. The van der Waals surface area contributed by atoms with Crippen LogP contribution in [0.25, 0.3) is 0 Å². The number of hydrogen-bond donors (Lipinski definition) is 2. The third kappa shape index (κ3) is 4.91. The summed E-state index contributed by atoms with van der Waals surface area (Å²) in [6, 6.07) is 5.36. The van der Waals surface area contributed by atoms with E-state index in [0.29, 0.717) is 5.56 Å². The Labute approximate surface area is 115 Å². The topological polar surface area (TPSA) is 52.6 Å². The van der Waals surface area contributed by atoms with Crippen LogP contribution in [-0.2, 0) is 0 Å². The Balaban J connectivity index is 2.69. The maximum absolute atomic E-state index is 10.9. The first-order valence-electron chi connectivity index (χ1n) is 6.44. The van der Waals surface area contributed by atoms with Gasteiger partial charge in [0.05, 0.1) is 5.56 Å². The van der Waals surface area contributed by atoms with Crippen LogP contribution < -0.4 is 5.32 Å². The largest absolute Gasteiger partial charge is 0.478 e. The molecule has 2 N–H and O–H groups in total. The molecule has 19 heavy (non-hydrogen) atoms. The molecule has 4 heteroatoms. The van der Waals surface area contributed by atoms with Crippen LogP contribution in [0.2, 0.25) is 0 Å². The summed E-state index contributed by atoms with van der Waals surface area (Å²) >= 11 is 0. The summed E-state index contributed by atoms with van der Waals surface area (Å²) in [5.41, 5.74) is 2.26. The predicted molar refractivity (Wildman–Crippen MR) is 79.0 cm³/mol. The lowest BCUT2D eigenvalue weighted by atomic mass is 9.93. The average Bonchev–Trinajstić information content (AvgIpc) is 2.24. The van der Waals surface area contributed by atoms with Crippen molar-refractivity contribution in [2.45, 2.75) is 20.8 Å². The highest BCUT2D eigenvalue weighted by molar-refractivity contribution is 5.89. The number of nitrogens with zero attached hydrogens (tertiary/aromatic N) is 1. The zero-order valence-electron chi connectivity index (χ0n) is 12.4. The van der Waals surface area contributed by atoms with Gasteiger partial charge in [-0.25, -0.2) is 4.79 Å². The quantitative estimate of drug-likeness (QED) is 0.829. The molecule has 1 aromatic rings. The number of carboxylic acids is 1. The molecule has 0 spiro atoms. The van der Waals surface area contributed by atoms with E-state index in [4.69, 9.17) is 5.11 Å². The molecular formula is C15H24N2O2. The molecule has 0 bridgehead atoms. The van der Waals surface area contributed by atoms with Gasteiger partial charge in [0.15, 0.2) is 0 Å². The number of hydrogen-bond acceptors (Lipinski definition) is 3. The summed E-state index contributed by atoms with van der Waals surface area (Å²) in [4.78, 5) is 13.1. The molecule has 0 saturated heterocycles. The lowest BCUT2D eigenvalue weighted by molar-refractivity contribution is 0.0696. The van der Waals surface area contributed by atoms with E-state index in [9.17, 15) is 4.79 Å².